The predicted octanol–water partition coefficient (Wildman–Crippen LogP) is 3.69. The van der Waals surface area contributed by atoms with E-state index >= 15 is 0 Å². The van der Waals surface area contributed by atoms with E-state index in [4.69, 9.17) is 5.73 Å². The molecule has 5 rings (SSSR count). The van der Waals surface area contributed by atoms with Gasteiger partial charge >= 0.3 is 0 Å². The Labute approximate surface area is 188 Å². The van der Waals surface area contributed by atoms with Crippen LogP contribution in [0.1, 0.15) is 13.3 Å². The first-order valence-corrected chi connectivity index (χ1v) is 10.6. The summed E-state index contributed by atoms with van der Waals surface area (Å²) in [5.74, 6) is -1.47. The lowest BCUT2D eigenvalue weighted by Gasteiger charge is -2.37. The summed E-state index contributed by atoms with van der Waals surface area (Å²) in [4.78, 5) is 10.8. The standard InChI is InChI=1S/C23H23F2N7O/c1-13-6-14(26)12-31(11-13)21-4-5-27-10-20(21)29-23-28-9-15-2-3-19(30-32(15)23)22-17(24)7-16(33)8-18(22)25/h2-5,7-10,13-14,33H,6,11-12,26H2,1H3,(H,28,29). The van der Waals surface area contributed by atoms with Gasteiger partial charge in [0.1, 0.15) is 17.4 Å². The number of benzene rings is 1. The summed E-state index contributed by atoms with van der Waals surface area (Å²) in [5.41, 5.74) is 8.28. The minimum Gasteiger partial charge on any atom is -0.508 e. The number of fused-ring (bicyclic) bond motifs is 1. The Bertz CT molecular complexity index is 1290. The number of pyridine rings is 1. The Kier molecular flexibility index (Phi) is 5.29. The van der Waals surface area contributed by atoms with Crippen LogP contribution in [0.5, 0.6) is 5.75 Å². The second kappa shape index (κ2) is 8.28. The highest BCUT2D eigenvalue weighted by atomic mass is 19.1. The number of aromatic hydroxyl groups is 1. The molecule has 2 atom stereocenters. The van der Waals surface area contributed by atoms with Crippen molar-refractivity contribution in [2.45, 2.75) is 19.4 Å². The highest BCUT2D eigenvalue weighted by molar-refractivity contribution is 5.74. The Morgan fingerprint density at radius 1 is 1.12 bits per heavy atom. The number of hydrogen-bond donors (Lipinski definition) is 3. The maximum Gasteiger partial charge on any atom is 0.229 e. The molecule has 4 N–H and O–H groups in total. The SMILES string of the molecule is CC1CC(N)CN(c2ccncc2Nc2ncc3ccc(-c4c(F)cc(O)cc4F)nn23)C1. The van der Waals surface area contributed by atoms with Gasteiger partial charge in [-0.2, -0.15) is 9.61 Å². The monoisotopic (exact) mass is 451 g/mol. The lowest BCUT2D eigenvalue weighted by Crippen LogP contribution is -2.46. The van der Waals surface area contributed by atoms with Crippen molar-refractivity contribution < 1.29 is 13.9 Å². The average molecular weight is 451 g/mol. The van der Waals surface area contributed by atoms with Gasteiger partial charge in [-0.1, -0.05) is 6.92 Å². The summed E-state index contributed by atoms with van der Waals surface area (Å²) in [6.45, 7) is 3.78. The number of aromatic nitrogens is 4. The third-order valence-corrected chi connectivity index (χ3v) is 5.74. The van der Waals surface area contributed by atoms with E-state index in [9.17, 15) is 13.9 Å². The lowest BCUT2D eigenvalue weighted by molar-refractivity contribution is 0.402. The largest absolute Gasteiger partial charge is 0.508 e. The van der Waals surface area contributed by atoms with Crippen molar-refractivity contribution in [3.63, 3.8) is 0 Å². The van der Waals surface area contributed by atoms with Crippen molar-refractivity contribution in [2.75, 3.05) is 23.3 Å². The molecular formula is C23H23F2N7O. The number of halogens is 2. The number of imidazole rings is 1. The number of piperidine rings is 1. The van der Waals surface area contributed by atoms with Crippen LogP contribution in [0, 0.1) is 17.6 Å². The molecule has 170 valence electrons. The van der Waals surface area contributed by atoms with Crippen molar-refractivity contribution in [3.8, 4) is 17.0 Å². The van der Waals surface area contributed by atoms with Crippen molar-refractivity contribution in [1.82, 2.24) is 19.6 Å². The summed E-state index contributed by atoms with van der Waals surface area (Å²) in [5, 5.41) is 17.1. The zero-order chi connectivity index (χ0) is 23.1. The van der Waals surface area contributed by atoms with Crippen LogP contribution in [0.2, 0.25) is 0 Å². The summed E-state index contributed by atoms with van der Waals surface area (Å²) < 4.78 is 30.3. The van der Waals surface area contributed by atoms with Crippen molar-refractivity contribution in [3.05, 3.63) is 60.6 Å². The summed E-state index contributed by atoms with van der Waals surface area (Å²) in [6.07, 6.45) is 6.01. The molecule has 10 heteroatoms. The quantitative estimate of drug-likeness (QED) is 0.435. The number of hydrogen-bond acceptors (Lipinski definition) is 7. The first kappa shape index (κ1) is 21.1. The minimum absolute atomic E-state index is 0.0702. The maximum absolute atomic E-state index is 14.4. The van der Waals surface area contributed by atoms with Gasteiger partial charge in [-0.3, -0.25) is 4.98 Å². The van der Waals surface area contributed by atoms with Gasteiger partial charge < -0.3 is 21.1 Å². The Hall–Kier alpha value is -3.79. The van der Waals surface area contributed by atoms with E-state index in [1.165, 1.54) is 10.6 Å². The second-order valence-corrected chi connectivity index (χ2v) is 8.45. The van der Waals surface area contributed by atoms with Crippen molar-refractivity contribution in [1.29, 1.82) is 0 Å². The fourth-order valence-corrected chi connectivity index (χ4v) is 4.38. The molecule has 0 saturated carbocycles. The van der Waals surface area contributed by atoms with Crippen LogP contribution in [0.25, 0.3) is 16.8 Å². The normalized spacial score (nSPS) is 18.6. The highest BCUT2D eigenvalue weighted by Crippen LogP contribution is 2.32. The Balaban J connectivity index is 1.52. The first-order valence-electron chi connectivity index (χ1n) is 10.6. The molecule has 1 aliphatic heterocycles. The number of rotatable bonds is 4. The van der Waals surface area contributed by atoms with Crippen LogP contribution in [0.4, 0.5) is 26.1 Å². The molecule has 2 unspecified atom stereocenters. The van der Waals surface area contributed by atoms with Gasteiger partial charge in [0.05, 0.1) is 40.5 Å². The van der Waals surface area contributed by atoms with Crippen molar-refractivity contribution in [2.24, 2.45) is 11.7 Å². The Morgan fingerprint density at radius 3 is 2.67 bits per heavy atom. The number of phenolic OH excluding ortho intramolecular Hbond substituents is 1. The van der Waals surface area contributed by atoms with E-state index in [2.05, 4.69) is 32.2 Å². The van der Waals surface area contributed by atoms with Gasteiger partial charge in [0, 0.05) is 37.5 Å². The number of nitrogens with two attached hydrogens (primary N) is 1. The van der Waals surface area contributed by atoms with Gasteiger partial charge in [-0.25, -0.2) is 13.8 Å². The molecular weight excluding hydrogens is 428 g/mol. The van der Waals surface area contributed by atoms with E-state index in [1.54, 1.807) is 24.7 Å². The van der Waals surface area contributed by atoms with Crippen molar-refractivity contribution >= 4 is 22.8 Å². The number of phenols is 1. The van der Waals surface area contributed by atoms with E-state index in [0.717, 1.165) is 43.0 Å². The number of nitrogens with zero attached hydrogens (tertiary/aromatic N) is 5. The number of nitrogens with one attached hydrogen (secondary N) is 1. The number of anilines is 3. The molecule has 4 aromatic rings. The lowest BCUT2D eigenvalue weighted by atomic mass is 9.96. The maximum atomic E-state index is 14.4. The fraction of sp³-hybridized carbons (Fsp3) is 0.261. The molecule has 3 aromatic heterocycles. The zero-order valence-electron chi connectivity index (χ0n) is 17.9. The van der Waals surface area contributed by atoms with Gasteiger partial charge in [0.2, 0.25) is 5.95 Å². The first-order chi connectivity index (χ1) is 15.9. The van der Waals surface area contributed by atoms with E-state index in [0.29, 0.717) is 17.4 Å². The van der Waals surface area contributed by atoms with Gasteiger partial charge in [-0.15, -0.1) is 0 Å². The molecule has 1 fully saturated rings. The fourth-order valence-electron chi connectivity index (χ4n) is 4.38. The molecule has 1 aliphatic rings. The van der Waals surface area contributed by atoms with E-state index in [1.807, 2.05) is 6.07 Å². The Morgan fingerprint density at radius 2 is 1.91 bits per heavy atom. The average Bonchev–Trinajstić information content (AvgIpc) is 3.15. The summed E-state index contributed by atoms with van der Waals surface area (Å²) >= 11 is 0. The molecule has 1 aromatic carbocycles. The smallest absolute Gasteiger partial charge is 0.229 e. The summed E-state index contributed by atoms with van der Waals surface area (Å²) in [7, 11) is 0. The zero-order valence-corrected chi connectivity index (χ0v) is 17.9. The van der Waals surface area contributed by atoms with Crippen LogP contribution in [0.15, 0.2) is 48.9 Å². The van der Waals surface area contributed by atoms with Crippen LogP contribution in [0.3, 0.4) is 0 Å². The van der Waals surface area contributed by atoms with E-state index < -0.39 is 17.4 Å². The third-order valence-electron chi connectivity index (χ3n) is 5.74. The molecule has 0 aliphatic carbocycles. The molecule has 8 nitrogen and oxygen atoms in total. The molecule has 0 amide bonds. The van der Waals surface area contributed by atoms with Gasteiger partial charge in [0.15, 0.2) is 0 Å². The highest BCUT2D eigenvalue weighted by Gasteiger charge is 2.24. The molecule has 1 saturated heterocycles. The molecule has 0 bridgehead atoms. The molecule has 0 spiro atoms. The summed E-state index contributed by atoms with van der Waals surface area (Å²) in [6, 6.07) is 6.88. The van der Waals surface area contributed by atoms with Crippen LogP contribution < -0.4 is 16.0 Å². The van der Waals surface area contributed by atoms with Crippen LogP contribution in [-0.2, 0) is 0 Å². The third kappa shape index (κ3) is 4.05. The van der Waals surface area contributed by atoms with E-state index in [-0.39, 0.29) is 17.3 Å². The second-order valence-electron chi connectivity index (χ2n) is 8.45. The topological polar surface area (TPSA) is 105 Å². The molecule has 0 radical (unpaired) electrons. The van der Waals surface area contributed by atoms with Gasteiger partial charge in [0.25, 0.3) is 0 Å². The van der Waals surface area contributed by atoms with Crippen LogP contribution in [-0.4, -0.2) is 43.8 Å². The van der Waals surface area contributed by atoms with Gasteiger partial charge in [-0.05, 0) is 30.5 Å². The molecule has 4 heterocycles. The van der Waals surface area contributed by atoms with Crippen LogP contribution >= 0.6 is 0 Å². The molecule has 33 heavy (non-hydrogen) atoms. The predicted molar refractivity (Wildman–Crippen MR) is 121 cm³/mol. The minimum atomic E-state index is -0.904.